The standard InChI is InChI=1S/C14H24N4S/c1-10-5-11(2)8-18(7-10)14(15-4)16-6-13-12(3)17-9-19-13/h9-11H,5-8H2,1-4H3,(H,15,16). The summed E-state index contributed by atoms with van der Waals surface area (Å²) in [4.78, 5) is 12.4. The highest BCUT2D eigenvalue weighted by molar-refractivity contribution is 7.09. The van der Waals surface area contributed by atoms with Gasteiger partial charge in [-0.3, -0.25) is 4.99 Å². The van der Waals surface area contributed by atoms with Gasteiger partial charge in [-0.25, -0.2) is 4.98 Å². The number of guanidine groups is 1. The van der Waals surface area contributed by atoms with Gasteiger partial charge in [0.1, 0.15) is 0 Å². The Morgan fingerprint density at radius 2 is 2.16 bits per heavy atom. The van der Waals surface area contributed by atoms with Gasteiger partial charge in [0, 0.05) is 25.0 Å². The minimum Gasteiger partial charge on any atom is -0.351 e. The fraction of sp³-hybridized carbons (Fsp3) is 0.714. The average molecular weight is 280 g/mol. The van der Waals surface area contributed by atoms with E-state index in [4.69, 9.17) is 0 Å². The highest BCUT2D eigenvalue weighted by atomic mass is 32.1. The van der Waals surface area contributed by atoms with Crippen LogP contribution in [0.5, 0.6) is 0 Å². The molecule has 0 aliphatic carbocycles. The van der Waals surface area contributed by atoms with E-state index in [1.54, 1.807) is 11.3 Å². The number of hydrogen-bond donors (Lipinski definition) is 1. The second kappa shape index (κ2) is 6.37. The van der Waals surface area contributed by atoms with Crippen molar-refractivity contribution < 1.29 is 0 Å². The summed E-state index contributed by atoms with van der Waals surface area (Å²) >= 11 is 1.70. The first-order valence-electron chi connectivity index (χ1n) is 6.94. The largest absolute Gasteiger partial charge is 0.351 e. The number of thiazole rings is 1. The molecule has 0 saturated carbocycles. The molecule has 5 heteroatoms. The highest BCUT2D eigenvalue weighted by Crippen LogP contribution is 2.21. The second-order valence-electron chi connectivity index (χ2n) is 5.61. The molecule has 2 atom stereocenters. The van der Waals surface area contributed by atoms with Gasteiger partial charge in [0.25, 0.3) is 0 Å². The molecule has 0 bridgehead atoms. The van der Waals surface area contributed by atoms with Crippen molar-refractivity contribution in [2.24, 2.45) is 16.8 Å². The van der Waals surface area contributed by atoms with Crippen LogP contribution in [0.4, 0.5) is 0 Å². The van der Waals surface area contributed by atoms with E-state index < -0.39 is 0 Å². The molecule has 106 valence electrons. The summed E-state index contributed by atoms with van der Waals surface area (Å²) in [6.07, 6.45) is 1.32. The van der Waals surface area contributed by atoms with Gasteiger partial charge in [-0.15, -0.1) is 11.3 Å². The Labute approximate surface area is 120 Å². The first-order chi connectivity index (χ1) is 9.10. The summed E-state index contributed by atoms with van der Waals surface area (Å²) < 4.78 is 0. The summed E-state index contributed by atoms with van der Waals surface area (Å²) in [5, 5.41) is 3.47. The number of rotatable bonds is 2. The lowest BCUT2D eigenvalue weighted by Crippen LogP contribution is -2.48. The van der Waals surface area contributed by atoms with Gasteiger partial charge in [-0.1, -0.05) is 13.8 Å². The van der Waals surface area contributed by atoms with Gasteiger partial charge in [-0.05, 0) is 25.2 Å². The van der Waals surface area contributed by atoms with Crippen molar-refractivity contribution in [3.63, 3.8) is 0 Å². The summed E-state index contributed by atoms with van der Waals surface area (Å²) in [5.41, 5.74) is 3.02. The zero-order valence-corrected chi connectivity index (χ0v) is 13.1. The van der Waals surface area contributed by atoms with E-state index in [0.717, 1.165) is 43.1 Å². The maximum absolute atomic E-state index is 4.43. The molecule has 19 heavy (non-hydrogen) atoms. The van der Waals surface area contributed by atoms with E-state index in [-0.39, 0.29) is 0 Å². The molecule has 1 aromatic heterocycles. The fourth-order valence-electron chi connectivity index (χ4n) is 2.82. The van der Waals surface area contributed by atoms with Crippen molar-refractivity contribution in [2.45, 2.75) is 33.7 Å². The molecule has 4 nitrogen and oxygen atoms in total. The lowest BCUT2D eigenvalue weighted by Gasteiger charge is -2.37. The Morgan fingerprint density at radius 3 is 2.68 bits per heavy atom. The Morgan fingerprint density at radius 1 is 1.47 bits per heavy atom. The summed E-state index contributed by atoms with van der Waals surface area (Å²) in [6, 6.07) is 0. The van der Waals surface area contributed by atoms with Crippen LogP contribution in [0.3, 0.4) is 0 Å². The molecule has 1 saturated heterocycles. The maximum Gasteiger partial charge on any atom is 0.193 e. The molecule has 1 N–H and O–H groups in total. The molecule has 2 heterocycles. The first kappa shape index (κ1) is 14.3. The molecule has 0 radical (unpaired) electrons. The Bertz CT molecular complexity index is 430. The Balaban J connectivity index is 1.95. The van der Waals surface area contributed by atoms with Crippen LogP contribution in [-0.2, 0) is 6.54 Å². The van der Waals surface area contributed by atoms with Crippen LogP contribution in [0.1, 0.15) is 30.8 Å². The van der Waals surface area contributed by atoms with Crippen molar-refractivity contribution >= 4 is 17.3 Å². The monoisotopic (exact) mass is 280 g/mol. The van der Waals surface area contributed by atoms with Crippen LogP contribution in [-0.4, -0.2) is 36.0 Å². The van der Waals surface area contributed by atoms with Gasteiger partial charge in [0.05, 0.1) is 17.7 Å². The SMILES string of the molecule is CN=C(NCc1scnc1C)N1CC(C)CC(C)C1. The molecule has 2 unspecified atom stereocenters. The molecule has 1 aliphatic heterocycles. The lowest BCUT2D eigenvalue weighted by molar-refractivity contribution is 0.208. The van der Waals surface area contributed by atoms with Gasteiger partial charge >= 0.3 is 0 Å². The van der Waals surface area contributed by atoms with E-state index in [1.807, 2.05) is 12.6 Å². The molecule has 1 aliphatic rings. The number of nitrogens with one attached hydrogen (secondary N) is 1. The predicted molar refractivity (Wildman–Crippen MR) is 81.6 cm³/mol. The maximum atomic E-state index is 4.43. The second-order valence-corrected chi connectivity index (χ2v) is 6.55. The van der Waals surface area contributed by atoms with Crippen molar-refractivity contribution in [3.05, 3.63) is 16.1 Å². The first-order valence-corrected chi connectivity index (χ1v) is 7.82. The molecule has 1 aromatic rings. The molecule has 0 amide bonds. The van der Waals surface area contributed by atoms with Crippen molar-refractivity contribution in [3.8, 4) is 0 Å². The average Bonchev–Trinajstić information content (AvgIpc) is 2.75. The number of aliphatic imine (C=N–C) groups is 1. The molecular formula is C14H24N4S. The summed E-state index contributed by atoms with van der Waals surface area (Å²) in [5.74, 6) is 2.51. The van der Waals surface area contributed by atoms with Crippen LogP contribution >= 0.6 is 11.3 Å². The fourth-order valence-corrected chi connectivity index (χ4v) is 3.54. The van der Waals surface area contributed by atoms with Crippen LogP contribution in [0.2, 0.25) is 0 Å². The smallest absolute Gasteiger partial charge is 0.193 e. The molecule has 0 spiro atoms. The normalized spacial score (nSPS) is 24.6. The van der Waals surface area contributed by atoms with E-state index >= 15 is 0 Å². The topological polar surface area (TPSA) is 40.5 Å². The number of aromatic nitrogens is 1. The number of hydrogen-bond acceptors (Lipinski definition) is 3. The van der Waals surface area contributed by atoms with Crippen LogP contribution in [0.25, 0.3) is 0 Å². The van der Waals surface area contributed by atoms with Gasteiger partial charge in [0.2, 0.25) is 0 Å². The van der Waals surface area contributed by atoms with Gasteiger partial charge in [0.15, 0.2) is 5.96 Å². The van der Waals surface area contributed by atoms with Gasteiger partial charge in [-0.2, -0.15) is 0 Å². The Kier molecular flexibility index (Phi) is 4.80. The van der Waals surface area contributed by atoms with Crippen LogP contribution in [0, 0.1) is 18.8 Å². The van der Waals surface area contributed by atoms with Crippen LogP contribution < -0.4 is 5.32 Å². The minimum absolute atomic E-state index is 0.743. The molecule has 2 rings (SSSR count). The van der Waals surface area contributed by atoms with Gasteiger partial charge < -0.3 is 10.2 Å². The number of likely N-dealkylation sites (tertiary alicyclic amines) is 1. The highest BCUT2D eigenvalue weighted by Gasteiger charge is 2.23. The van der Waals surface area contributed by atoms with E-state index in [0.29, 0.717) is 0 Å². The third-order valence-electron chi connectivity index (χ3n) is 3.63. The Hall–Kier alpha value is -1.10. The van der Waals surface area contributed by atoms with E-state index in [9.17, 15) is 0 Å². The number of aryl methyl sites for hydroxylation is 1. The molecular weight excluding hydrogens is 256 g/mol. The van der Waals surface area contributed by atoms with E-state index in [2.05, 4.69) is 41.0 Å². The third kappa shape index (κ3) is 3.69. The summed E-state index contributed by atoms with van der Waals surface area (Å²) in [7, 11) is 1.87. The molecule has 0 aromatic carbocycles. The molecule has 1 fully saturated rings. The van der Waals surface area contributed by atoms with E-state index in [1.165, 1.54) is 11.3 Å². The zero-order valence-electron chi connectivity index (χ0n) is 12.3. The van der Waals surface area contributed by atoms with Crippen molar-refractivity contribution in [1.29, 1.82) is 0 Å². The number of piperidine rings is 1. The minimum atomic E-state index is 0.743. The van der Waals surface area contributed by atoms with Crippen molar-refractivity contribution in [1.82, 2.24) is 15.2 Å². The summed E-state index contributed by atoms with van der Waals surface area (Å²) in [6.45, 7) is 9.73. The zero-order chi connectivity index (χ0) is 13.8. The number of nitrogens with zero attached hydrogens (tertiary/aromatic N) is 3. The quantitative estimate of drug-likeness (QED) is 0.668. The van der Waals surface area contributed by atoms with Crippen molar-refractivity contribution in [2.75, 3.05) is 20.1 Å². The lowest BCUT2D eigenvalue weighted by atomic mass is 9.92. The third-order valence-corrected chi connectivity index (χ3v) is 4.57. The van der Waals surface area contributed by atoms with Crippen LogP contribution in [0.15, 0.2) is 10.5 Å². The predicted octanol–water partition coefficient (Wildman–Crippen LogP) is 2.50.